The van der Waals surface area contributed by atoms with Gasteiger partial charge in [-0.1, -0.05) is 24.3 Å². The number of hydrogen-bond acceptors (Lipinski definition) is 4. The molecule has 0 radical (unpaired) electrons. The fourth-order valence-corrected chi connectivity index (χ4v) is 3.02. The zero-order valence-corrected chi connectivity index (χ0v) is 12.3. The van der Waals surface area contributed by atoms with Crippen molar-refractivity contribution in [2.75, 3.05) is 25.5 Å². The quantitative estimate of drug-likeness (QED) is 0.878. The Labute approximate surface area is 128 Å². The monoisotopic (exact) mass is 296 g/mol. The van der Waals surface area contributed by atoms with Crippen molar-refractivity contribution >= 4 is 11.5 Å². The number of hydrogen-bond donors (Lipinski definition) is 1. The molecule has 0 spiro atoms. The van der Waals surface area contributed by atoms with Gasteiger partial charge in [-0.15, -0.1) is 0 Å². The molecule has 0 fully saturated rings. The van der Waals surface area contributed by atoms with Crippen LogP contribution in [0.5, 0.6) is 0 Å². The molecule has 1 unspecified atom stereocenters. The van der Waals surface area contributed by atoms with Crippen molar-refractivity contribution in [1.29, 1.82) is 0 Å². The van der Waals surface area contributed by atoms with Gasteiger partial charge in [0.15, 0.2) is 5.84 Å². The Hall–Kier alpha value is -2.56. The molecule has 112 valence electrons. The van der Waals surface area contributed by atoms with Gasteiger partial charge < -0.3 is 10.2 Å². The number of anilines is 1. The second-order valence-corrected chi connectivity index (χ2v) is 5.64. The number of fused-ring (bicyclic) bond motifs is 3. The highest BCUT2D eigenvalue weighted by Gasteiger charge is 2.33. The Morgan fingerprint density at radius 2 is 1.86 bits per heavy atom. The summed E-state index contributed by atoms with van der Waals surface area (Å²) in [5.74, 6) is 0.754. The molecular formula is C17H17FN4. The van der Waals surface area contributed by atoms with Crippen molar-refractivity contribution in [2.24, 2.45) is 5.10 Å². The lowest BCUT2D eigenvalue weighted by atomic mass is 10.0. The van der Waals surface area contributed by atoms with Crippen LogP contribution < -0.4 is 5.32 Å². The summed E-state index contributed by atoms with van der Waals surface area (Å²) in [4.78, 5) is 2.25. The number of nitrogens with zero attached hydrogens (tertiary/aromatic N) is 3. The van der Waals surface area contributed by atoms with Crippen molar-refractivity contribution in [2.45, 2.75) is 6.17 Å². The average molecular weight is 296 g/mol. The van der Waals surface area contributed by atoms with Crippen LogP contribution >= 0.6 is 0 Å². The van der Waals surface area contributed by atoms with E-state index in [4.69, 9.17) is 5.10 Å². The van der Waals surface area contributed by atoms with Crippen LogP contribution in [0.25, 0.3) is 0 Å². The van der Waals surface area contributed by atoms with Gasteiger partial charge in [0.2, 0.25) is 0 Å². The lowest BCUT2D eigenvalue weighted by Gasteiger charge is -2.43. The van der Waals surface area contributed by atoms with Crippen LogP contribution in [0.1, 0.15) is 17.3 Å². The largest absolute Gasteiger partial charge is 0.361 e. The summed E-state index contributed by atoms with van der Waals surface area (Å²) in [6.07, 6.45) is -0.0250. The van der Waals surface area contributed by atoms with Crippen molar-refractivity contribution in [1.82, 2.24) is 9.91 Å². The minimum atomic E-state index is -0.216. The number of para-hydroxylation sites is 1. The highest BCUT2D eigenvalue weighted by Crippen LogP contribution is 2.34. The van der Waals surface area contributed by atoms with Crippen LogP contribution in [0.2, 0.25) is 0 Å². The molecule has 0 amide bonds. The first kappa shape index (κ1) is 13.1. The SMILES string of the molecule is CN1CCN2C(=N1)c1ccccc1NC2c1ccc(F)cc1. The molecule has 5 heteroatoms. The summed E-state index contributed by atoms with van der Waals surface area (Å²) in [6, 6.07) is 14.8. The highest BCUT2D eigenvalue weighted by atomic mass is 19.1. The van der Waals surface area contributed by atoms with E-state index in [2.05, 4.69) is 22.3 Å². The molecule has 0 aliphatic carbocycles. The third-order valence-corrected chi connectivity index (χ3v) is 4.16. The van der Waals surface area contributed by atoms with Crippen LogP contribution in [0.15, 0.2) is 53.6 Å². The van der Waals surface area contributed by atoms with E-state index in [1.165, 1.54) is 12.1 Å². The highest BCUT2D eigenvalue weighted by molar-refractivity contribution is 6.05. The van der Waals surface area contributed by atoms with E-state index in [0.717, 1.165) is 35.7 Å². The van der Waals surface area contributed by atoms with Crippen molar-refractivity contribution in [3.05, 3.63) is 65.5 Å². The van der Waals surface area contributed by atoms with Gasteiger partial charge in [0.25, 0.3) is 0 Å². The van der Waals surface area contributed by atoms with E-state index in [9.17, 15) is 4.39 Å². The lowest BCUT2D eigenvalue weighted by Crippen LogP contribution is -2.49. The summed E-state index contributed by atoms with van der Waals surface area (Å²) >= 11 is 0. The second-order valence-electron chi connectivity index (χ2n) is 5.64. The maximum atomic E-state index is 13.2. The van der Waals surface area contributed by atoms with Crippen LogP contribution in [0.3, 0.4) is 0 Å². The minimum absolute atomic E-state index is 0.0250. The molecule has 1 N–H and O–H groups in total. The molecule has 0 bridgehead atoms. The normalized spacial score (nSPS) is 19.9. The Bertz CT molecular complexity index is 726. The third kappa shape index (κ3) is 2.09. The summed E-state index contributed by atoms with van der Waals surface area (Å²) < 4.78 is 13.2. The molecule has 2 heterocycles. The number of rotatable bonds is 1. The average Bonchev–Trinajstić information content (AvgIpc) is 2.55. The number of benzene rings is 2. The van der Waals surface area contributed by atoms with Gasteiger partial charge in [-0.05, 0) is 29.8 Å². The first-order valence-electron chi connectivity index (χ1n) is 7.40. The molecule has 0 saturated carbocycles. The molecule has 2 aromatic carbocycles. The standard InChI is InChI=1S/C17H17FN4/c1-21-10-11-22-16(12-6-8-13(18)9-7-12)19-15-5-3-2-4-14(15)17(22)20-21/h2-9,16,19H,10-11H2,1H3. The number of halogens is 1. The molecule has 4 rings (SSSR count). The maximum absolute atomic E-state index is 13.2. The number of likely N-dealkylation sites (N-methyl/N-ethyl adjacent to an activating group) is 1. The van der Waals surface area contributed by atoms with Gasteiger partial charge in [0, 0.05) is 24.8 Å². The van der Waals surface area contributed by atoms with Crippen LogP contribution in [0, 0.1) is 5.82 Å². The van der Waals surface area contributed by atoms with Gasteiger partial charge >= 0.3 is 0 Å². The Morgan fingerprint density at radius 1 is 1.09 bits per heavy atom. The van der Waals surface area contributed by atoms with Crippen LogP contribution in [0.4, 0.5) is 10.1 Å². The summed E-state index contributed by atoms with van der Waals surface area (Å²) in [6.45, 7) is 1.74. The van der Waals surface area contributed by atoms with E-state index in [-0.39, 0.29) is 12.0 Å². The van der Waals surface area contributed by atoms with E-state index < -0.39 is 0 Å². The fraction of sp³-hybridized carbons (Fsp3) is 0.235. The van der Waals surface area contributed by atoms with E-state index >= 15 is 0 Å². The third-order valence-electron chi connectivity index (χ3n) is 4.16. The zero-order chi connectivity index (χ0) is 15.1. The fourth-order valence-electron chi connectivity index (χ4n) is 3.02. The van der Waals surface area contributed by atoms with Crippen molar-refractivity contribution < 1.29 is 4.39 Å². The molecule has 0 saturated heterocycles. The molecule has 0 aromatic heterocycles. The van der Waals surface area contributed by atoms with Gasteiger partial charge in [-0.25, -0.2) is 4.39 Å². The molecular weight excluding hydrogens is 279 g/mol. The number of nitrogens with one attached hydrogen (secondary N) is 1. The number of amidine groups is 1. The second kappa shape index (κ2) is 5.02. The van der Waals surface area contributed by atoms with Gasteiger partial charge in [-0.3, -0.25) is 5.01 Å². The Balaban J connectivity index is 1.82. The summed E-state index contributed by atoms with van der Waals surface area (Å²) in [5.41, 5.74) is 3.20. The molecule has 22 heavy (non-hydrogen) atoms. The van der Waals surface area contributed by atoms with E-state index in [1.54, 1.807) is 0 Å². The first-order valence-corrected chi connectivity index (χ1v) is 7.40. The first-order chi connectivity index (χ1) is 10.7. The minimum Gasteiger partial charge on any atom is -0.361 e. The van der Waals surface area contributed by atoms with Crippen molar-refractivity contribution in [3.63, 3.8) is 0 Å². The molecule has 2 aliphatic rings. The molecule has 4 nitrogen and oxygen atoms in total. The van der Waals surface area contributed by atoms with E-state index in [1.807, 2.05) is 36.3 Å². The zero-order valence-electron chi connectivity index (χ0n) is 12.3. The number of hydrazone groups is 1. The summed E-state index contributed by atoms with van der Waals surface area (Å²) in [5, 5.41) is 10.2. The molecule has 2 aliphatic heterocycles. The van der Waals surface area contributed by atoms with E-state index in [0.29, 0.717) is 0 Å². The predicted molar refractivity (Wildman–Crippen MR) is 85.1 cm³/mol. The Morgan fingerprint density at radius 3 is 2.68 bits per heavy atom. The van der Waals surface area contributed by atoms with Gasteiger partial charge in [0.1, 0.15) is 12.0 Å². The molecule has 1 atom stereocenters. The van der Waals surface area contributed by atoms with Gasteiger partial charge in [0.05, 0.1) is 6.54 Å². The lowest BCUT2D eigenvalue weighted by molar-refractivity contribution is 0.230. The predicted octanol–water partition coefficient (Wildman–Crippen LogP) is 2.86. The topological polar surface area (TPSA) is 30.9 Å². The van der Waals surface area contributed by atoms with Crippen LogP contribution in [-0.4, -0.2) is 35.9 Å². The smallest absolute Gasteiger partial charge is 0.160 e. The maximum Gasteiger partial charge on any atom is 0.160 e. The Kier molecular flexibility index (Phi) is 2.99. The molecule has 2 aromatic rings. The van der Waals surface area contributed by atoms with Crippen LogP contribution in [-0.2, 0) is 0 Å². The van der Waals surface area contributed by atoms with Gasteiger partial charge in [-0.2, -0.15) is 5.10 Å². The van der Waals surface area contributed by atoms with Crippen molar-refractivity contribution in [3.8, 4) is 0 Å². The summed E-state index contributed by atoms with van der Waals surface area (Å²) in [7, 11) is 1.99.